The van der Waals surface area contributed by atoms with Gasteiger partial charge in [0.05, 0.1) is 10.5 Å². The normalized spacial score (nSPS) is 11.1. The number of benzene rings is 2. The predicted octanol–water partition coefficient (Wildman–Crippen LogP) is 2.19. The number of hydrogen-bond acceptors (Lipinski definition) is 5. The van der Waals surface area contributed by atoms with Gasteiger partial charge in [0.2, 0.25) is 10.0 Å². The Kier molecular flexibility index (Phi) is 7.71. The Morgan fingerprint density at radius 3 is 2.46 bits per heavy atom. The summed E-state index contributed by atoms with van der Waals surface area (Å²) in [6.45, 7) is 2.13. The molecule has 0 unspecified atom stereocenters. The summed E-state index contributed by atoms with van der Waals surface area (Å²) >= 11 is 0. The molecule has 0 fully saturated rings. The molecular weight excluding hydrogens is 380 g/mol. The Labute approximate surface area is 165 Å². The molecule has 1 amide bonds. The smallest absolute Gasteiger partial charge is 0.338 e. The number of hydrogen-bond donors (Lipinski definition) is 1. The summed E-state index contributed by atoms with van der Waals surface area (Å²) in [6.07, 6.45) is 0.652. The lowest BCUT2D eigenvalue weighted by Gasteiger charge is -2.17. The number of carbonyl (C=O) groups is 2. The molecule has 2 aromatic carbocycles. The Morgan fingerprint density at radius 2 is 1.79 bits per heavy atom. The highest BCUT2D eigenvalue weighted by Gasteiger charge is 2.18. The third kappa shape index (κ3) is 6.17. The molecule has 2 aromatic rings. The van der Waals surface area contributed by atoms with E-state index in [0.717, 1.165) is 5.56 Å². The van der Waals surface area contributed by atoms with Crippen LogP contribution in [0, 0.1) is 0 Å². The lowest BCUT2D eigenvalue weighted by atomic mass is 10.2. The summed E-state index contributed by atoms with van der Waals surface area (Å²) < 4.78 is 31.8. The molecule has 1 N–H and O–H groups in total. The Bertz CT molecular complexity index is 913. The SMILES string of the molecule is CCCNS(=O)(=O)c1cccc(C(=O)OCC(=O)N(C)Cc2ccccc2)c1. The van der Waals surface area contributed by atoms with Crippen molar-refractivity contribution in [3.63, 3.8) is 0 Å². The minimum Gasteiger partial charge on any atom is -0.452 e. The van der Waals surface area contributed by atoms with Crippen LogP contribution in [0.1, 0.15) is 29.3 Å². The number of amides is 1. The van der Waals surface area contributed by atoms with Crippen LogP contribution in [0.25, 0.3) is 0 Å². The highest BCUT2D eigenvalue weighted by molar-refractivity contribution is 7.89. The number of esters is 1. The van der Waals surface area contributed by atoms with E-state index in [1.165, 1.54) is 29.2 Å². The van der Waals surface area contributed by atoms with Crippen molar-refractivity contribution in [2.24, 2.45) is 0 Å². The van der Waals surface area contributed by atoms with Crippen LogP contribution in [0.3, 0.4) is 0 Å². The molecule has 0 saturated carbocycles. The molecule has 28 heavy (non-hydrogen) atoms. The van der Waals surface area contributed by atoms with Gasteiger partial charge in [-0.1, -0.05) is 43.3 Å². The van der Waals surface area contributed by atoms with E-state index in [9.17, 15) is 18.0 Å². The first-order chi connectivity index (χ1) is 13.3. The first kappa shape index (κ1) is 21.6. The number of carbonyl (C=O) groups excluding carboxylic acids is 2. The molecule has 0 saturated heterocycles. The van der Waals surface area contributed by atoms with Crippen LogP contribution in [-0.2, 0) is 26.1 Å². The summed E-state index contributed by atoms with van der Waals surface area (Å²) in [4.78, 5) is 25.8. The van der Waals surface area contributed by atoms with Crippen LogP contribution < -0.4 is 4.72 Å². The second-order valence-electron chi connectivity index (χ2n) is 6.24. The average molecular weight is 404 g/mol. The number of nitrogens with zero attached hydrogens (tertiary/aromatic N) is 1. The molecule has 0 bridgehead atoms. The lowest BCUT2D eigenvalue weighted by molar-refractivity contribution is -0.133. The van der Waals surface area contributed by atoms with Gasteiger partial charge in [0.1, 0.15) is 0 Å². The van der Waals surface area contributed by atoms with Crippen molar-refractivity contribution in [3.05, 3.63) is 65.7 Å². The molecule has 8 heteroatoms. The van der Waals surface area contributed by atoms with E-state index >= 15 is 0 Å². The van der Waals surface area contributed by atoms with Gasteiger partial charge in [-0.2, -0.15) is 0 Å². The predicted molar refractivity (Wildman–Crippen MR) is 105 cm³/mol. The van der Waals surface area contributed by atoms with E-state index < -0.39 is 22.6 Å². The standard InChI is InChI=1S/C20H24N2O5S/c1-3-12-21-28(25,26)18-11-7-10-17(13-18)20(24)27-15-19(23)22(2)14-16-8-5-4-6-9-16/h4-11,13,21H,3,12,14-15H2,1-2H3. The summed E-state index contributed by atoms with van der Waals surface area (Å²) in [5.74, 6) is -1.11. The number of likely N-dealkylation sites (N-methyl/N-ethyl adjacent to an activating group) is 1. The molecule has 0 atom stereocenters. The van der Waals surface area contributed by atoms with E-state index in [4.69, 9.17) is 4.74 Å². The third-order valence-corrected chi connectivity index (χ3v) is 5.40. The van der Waals surface area contributed by atoms with Crippen molar-refractivity contribution in [2.75, 3.05) is 20.2 Å². The van der Waals surface area contributed by atoms with E-state index in [1.54, 1.807) is 7.05 Å². The van der Waals surface area contributed by atoms with Gasteiger partial charge in [-0.25, -0.2) is 17.9 Å². The Hall–Kier alpha value is -2.71. The van der Waals surface area contributed by atoms with Crippen LogP contribution in [0.5, 0.6) is 0 Å². The fraction of sp³-hybridized carbons (Fsp3) is 0.300. The largest absolute Gasteiger partial charge is 0.452 e. The molecule has 7 nitrogen and oxygen atoms in total. The van der Waals surface area contributed by atoms with Crippen molar-refractivity contribution in [1.29, 1.82) is 0 Å². The topological polar surface area (TPSA) is 92.8 Å². The van der Waals surface area contributed by atoms with Gasteiger partial charge < -0.3 is 9.64 Å². The molecular formula is C20H24N2O5S. The highest BCUT2D eigenvalue weighted by Crippen LogP contribution is 2.13. The molecule has 0 aliphatic heterocycles. The maximum absolute atomic E-state index is 12.2. The van der Waals surface area contributed by atoms with Crippen LogP contribution >= 0.6 is 0 Å². The number of ether oxygens (including phenoxy) is 1. The monoisotopic (exact) mass is 404 g/mol. The van der Waals surface area contributed by atoms with Gasteiger partial charge in [-0.05, 0) is 30.2 Å². The van der Waals surface area contributed by atoms with Gasteiger partial charge >= 0.3 is 5.97 Å². The van der Waals surface area contributed by atoms with Gasteiger partial charge in [0, 0.05) is 20.1 Å². The number of nitrogens with one attached hydrogen (secondary N) is 1. The van der Waals surface area contributed by atoms with Crippen molar-refractivity contribution in [2.45, 2.75) is 24.8 Å². The molecule has 0 radical (unpaired) electrons. The van der Waals surface area contributed by atoms with Gasteiger partial charge in [0.25, 0.3) is 5.91 Å². The molecule has 150 valence electrons. The minimum absolute atomic E-state index is 0.0251. The number of rotatable bonds is 9. The average Bonchev–Trinajstić information content (AvgIpc) is 2.71. The van der Waals surface area contributed by atoms with Crippen LogP contribution in [0.15, 0.2) is 59.5 Å². The zero-order chi connectivity index (χ0) is 20.6. The first-order valence-corrected chi connectivity index (χ1v) is 10.4. The zero-order valence-corrected chi connectivity index (χ0v) is 16.7. The van der Waals surface area contributed by atoms with E-state index in [1.807, 2.05) is 37.3 Å². The molecule has 0 aliphatic rings. The van der Waals surface area contributed by atoms with Gasteiger partial charge in [-0.3, -0.25) is 4.79 Å². The molecule has 0 aliphatic carbocycles. The van der Waals surface area contributed by atoms with Gasteiger partial charge in [0.15, 0.2) is 6.61 Å². The van der Waals surface area contributed by atoms with E-state index in [-0.39, 0.29) is 16.4 Å². The maximum Gasteiger partial charge on any atom is 0.338 e. The van der Waals surface area contributed by atoms with Crippen molar-refractivity contribution in [3.8, 4) is 0 Å². The lowest BCUT2D eigenvalue weighted by Crippen LogP contribution is -2.30. The van der Waals surface area contributed by atoms with Crippen LogP contribution in [0.2, 0.25) is 0 Å². The van der Waals surface area contributed by atoms with Crippen molar-refractivity contribution in [1.82, 2.24) is 9.62 Å². The van der Waals surface area contributed by atoms with Gasteiger partial charge in [-0.15, -0.1) is 0 Å². The van der Waals surface area contributed by atoms with E-state index in [0.29, 0.717) is 19.5 Å². The fourth-order valence-corrected chi connectivity index (χ4v) is 3.56. The Balaban J connectivity index is 1.95. The zero-order valence-electron chi connectivity index (χ0n) is 15.9. The minimum atomic E-state index is -3.69. The summed E-state index contributed by atoms with van der Waals surface area (Å²) in [5.41, 5.74) is 1.03. The van der Waals surface area contributed by atoms with Crippen LogP contribution in [0.4, 0.5) is 0 Å². The highest BCUT2D eigenvalue weighted by atomic mass is 32.2. The Morgan fingerprint density at radius 1 is 1.07 bits per heavy atom. The molecule has 0 aromatic heterocycles. The molecule has 2 rings (SSSR count). The fourth-order valence-electron chi connectivity index (χ4n) is 2.38. The van der Waals surface area contributed by atoms with Crippen molar-refractivity contribution < 1.29 is 22.7 Å². The quantitative estimate of drug-likeness (QED) is 0.647. The summed E-state index contributed by atoms with van der Waals surface area (Å²) in [6, 6.07) is 15.0. The van der Waals surface area contributed by atoms with E-state index in [2.05, 4.69) is 4.72 Å². The second-order valence-corrected chi connectivity index (χ2v) is 8.00. The molecule has 0 spiro atoms. The number of sulfonamides is 1. The summed E-state index contributed by atoms with van der Waals surface area (Å²) in [7, 11) is -2.07. The maximum atomic E-state index is 12.2. The summed E-state index contributed by atoms with van der Waals surface area (Å²) in [5, 5.41) is 0. The van der Waals surface area contributed by atoms with Crippen LogP contribution in [-0.4, -0.2) is 45.4 Å². The second kappa shape index (κ2) is 10.0. The first-order valence-electron chi connectivity index (χ1n) is 8.88. The van der Waals surface area contributed by atoms with Crippen molar-refractivity contribution >= 4 is 21.9 Å². The third-order valence-electron chi connectivity index (χ3n) is 3.94. The molecule has 0 heterocycles.